The number of carbonyl (C=O) groups is 1. The largest absolute Gasteiger partial charge is 0.378 e. The predicted molar refractivity (Wildman–Crippen MR) is 101 cm³/mol. The standard InChI is InChI=1S/C19H27N5O3/c1-13-10-17(27-22-13)15-11-20-19(23(2)3)21-16(15)12-24(4)18(25)8-7-14-6-5-9-26-14/h10-11,14H,5-9,12H2,1-4H3. The Morgan fingerprint density at radius 1 is 1.33 bits per heavy atom. The predicted octanol–water partition coefficient (Wildman–Crippen LogP) is 2.42. The van der Waals surface area contributed by atoms with Crippen LogP contribution in [0.1, 0.15) is 37.1 Å². The van der Waals surface area contributed by atoms with Gasteiger partial charge in [0.2, 0.25) is 11.9 Å². The molecule has 0 aromatic carbocycles. The number of carbonyl (C=O) groups excluding carboxylic acids is 1. The van der Waals surface area contributed by atoms with E-state index in [1.165, 1.54) is 0 Å². The topological polar surface area (TPSA) is 84.6 Å². The Morgan fingerprint density at radius 2 is 2.15 bits per heavy atom. The Labute approximate surface area is 159 Å². The Balaban J connectivity index is 1.74. The van der Waals surface area contributed by atoms with Gasteiger partial charge in [-0.1, -0.05) is 5.16 Å². The summed E-state index contributed by atoms with van der Waals surface area (Å²) >= 11 is 0. The molecule has 27 heavy (non-hydrogen) atoms. The summed E-state index contributed by atoms with van der Waals surface area (Å²) < 4.78 is 11.0. The molecule has 0 spiro atoms. The van der Waals surface area contributed by atoms with Crippen LogP contribution in [-0.4, -0.2) is 59.8 Å². The van der Waals surface area contributed by atoms with Crippen molar-refractivity contribution in [2.45, 2.75) is 45.3 Å². The van der Waals surface area contributed by atoms with Crippen LogP contribution in [0.5, 0.6) is 0 Å². The van der Waals surface area contributed by atoms with E-state index in [9.17, 15) is 4.79 Å². The number of ether oxygens (including phenoxy) is 1. The molecule has 8 heteroatoms. The first-order chi connectivity index (χ1) is 12.9. The van der Waals surface area contributed by atoms with E-state index in [4.69, 9.17) is 9.26 Å². The van der Waals surface area contributed by atoms with Gasteiger partial charge in [0.25, 0.3) is 0 Å². The second-order valence-corrected chi connectivity index (χ2v) is 7.18. The lowest BCUT2D eigenvalue weighted by Gasteiger charge is -2.20. The van der Waals surface area contributed by atoms with Gasteiger partial charge in [0, 0.05) is 46.4 Å². The molecule has 1 fully saturated rings. The van der Waals surface area contributed by atoms with Gasteiger partial charge in [0.1, 0.15) is 0 Å². The molecular weight excluding hydrogens is 346 g/mol. The van der Waals surface area contributed by atoms with Crippen LogP contribution < -0.4 is 4.90 Å². The maximum atomic E-state index is 12.6. The van der Waals surface area contributed by atoms with Crippen LogP contribution >= 0.6 is 0 Å². The third-order valence-corrected chi connectivity index (χ3v) is 4.67. The maximum absolute atomic E-state index is 12.6. The zero-order chi connectivity index (χ0) is 19.4. The number of anilines is 1. The molecule has 0 aliphatic carbocycles. The van der Waals surface area contributed by atoms with E-state index >= 15 is 0 Å². The number of aryl methyl sites for hydroxylation is 1. The van der Waals surface area contributed by atoms with Crippen molar-refractivity contribution in [3.63, 3.8) is 0 Å². The summed E-state index contributed by atoms with van der Waals surface area (Å²) in [7, 11) is 5.56. The highest BCUT2D eigenvalue weighted by Crippen LogP contribution is 2.25. The Bertz CT molecular complexity index is 783. The highest BCUT2D eigenvalue weighted by molar-refractivity contribution is 5.76. The van der Waals surface area contributed by atoms with Crippen molar-refractivity contribution in [2.75, 3.05) is 32.6 Å². The summed E-state index contributed by atoms with van der Waals surface area (Å²) in [4.78, 5) is 25.1. The first-order valence-corrected chi connectivity index (χ1v) is 9.26. The van der Waals surface area contributed by atoms with Gasteiger partial charge in [-0.05, 0) is 26.2 Å². The molecule has 1 aliphatic rings. The van der Waals surface area contributed by atoms with Crippen LogP contribution in [0.25, 0.3) is 11.3 Å². The second-order valence-electron chi connectivity index (χ2n) is 7.18. The summed E-state index contributed by atoms with van der Waals surface area (Å²) in [5.41, 5.74) is 2.27. The van der Waals surface area contributed by atoms with Crippen LogP contribution in [0, 0.1) is 6.92 Å². The highest BCUT2D eigenvalue weighted by Gasteiger charge is 2.21. The summed E-state index contributed by atoms with van der Waals surface area (Å²) in [6.07, 6.45) is 5.32. The number of amides is 1. The van der Waals surface area contributed by atoms with E-state index in [2.05, 4.69) is 15.1 Å². The van der Waals surface area contributed by atoms with Gasteiger partial charge in [0.05, 0.1) is 29.6 Å². The molecule has 2 aromatic rings. The molecule has 3 rings (SSSR count). The SMILES string of the molecule is Cc1cc(-c2cnc(N(C)C)nc2CN(C)C(=O)CCC2CCCO2)on1. The minimum absolute atomic E-state index is 0.0789. The van der Waals surface area contributed by atoms with Gasteiger partial charge in [-0.2, -0.15) is 0 Å². The molecule has 1 amide bonds. The van der Waals surface area contributed by atoms with E-state index in [0.717, 1.165) is 42.8 Å². The molecule has 0 radical (unpaired) electrons. The van der Waals surface area contributed by atoms with Gasteiger partial charge in [-0.15, -0.1) is 0 Å². The minimum atomic E-state index is 0.0789. The van der Waals surface area contributed by atoms with E-state index in [-0.39, 0.29) is 12.0 Å². The first-order valence-electron chi connectivity index (χ1n) is 9.26. The summed E-state index contributed by atoms with van der Waals surface area (Å²) in [5, 5.41) is 3.94. The average molecular weight is 373 g/mol. The van der Waals surface area contributed by atoms with Gasteiger partial charge in [-0.3, -0.25) is 4.79 Å². The zero-order valence-corrected chi connectivity index (χ0v) is 16.4. The number of rotatable bonds is 7. The molecule has 1 aliphatic heterocycles. The Morgan fingerprint density at radius 3 is 2.78 bits per heavy atom. The zero-order valence-electron chi connectivity index (χ0n) is 16.4. The molecule has 1 unspecified atom stereocenters. The first kappa shape index (κ1) is 19.3. The van der Waals surface area contributed by atoms with E-state index < -0.39 is 0 Å². The van der Waals surface area contributed by atoms with Gasteiger partial charge < -0.3 is 19.1 Å². The van der Waals surface area contributed by atoms with E-state index in [1.54, 1.807) is 18.1 Å². The average Bonchev–Trinajstić information content (AvgIpc) is 3.31. The molecule has 3 heterocycles. The van der Waals surface area contributed by atoms with Crippen LogP contribution in [0.3, 0.4) is 0 Å². The van der Waals surface area contributed by atoms with Crippen LogP contribution in [0.15, 0.2) is 16.8 Å². The number of hydrogen-bond acceptors (Lipinski definition) is 7. The fourth-order valence-corrected chi connectivity index (χ4v) is 3.10. The smallest absolute Gasteiger partial charge is 0.225 e. The fraction of sp³-hybridized carbons (Fsp3) is 0.579. The molecule has 8 nitrogen and oxygen atoms in total. The Hall–Kier alpha value is -2.48. The lowest BCUT2D eigenvalue weighted by Crippen LogP contribution is -2.28. The molecule has 146 valence electrons. The summed E-state index contributed by atoms with van der Waals surface area (Å²) in [6, 6.07) is 1.84. The quantitative estimate of drug-likeness (QED) is 0.737. The fourth-order valence-electron chi connectivity index (χ4n) is 3.10. The maximum Gasteiger partial charge on any atom is 0.225 e. The van der Waals surface area contributed by atoms with Crippen molar-refractivity contribution in [1.29, 1.82) is 0 Å². The normalized spacial score (nSPS) is 16.5. The van der Waals surface area contributed by atoms with Crippen LogP contribution in [0.4, 0.5) is 5.95 Å². The lowest BCUT2D eigenvalue weighted by atomic mass is 10.1. The van der Waals surface area contributed by atoms with E-state index in [1.807, 2.05) is 32.0 Å². The highest BCUT2D eigenvalue weighted by atomic mass is 16.5. The summed E-state index contributed by atoms with van der Waals surface area (Å²) in [5.74, 6) is 1.27. The third-order valence-electron chi connectivity index (χ3n) is 4.67. The number of nitrogens with zero attached hydrogens (tertiary/aromatic N) is 5. The molecular formula is C19H27N5O3. The molecule has 1 saturated heterocycles. The van der Waals surface area contributed by atoms with Crippen molar-refractivity contribution < 1.29 is 14.1 Å². The van der Waals surface area contributed by atoms with Crippen molar-refractivity contribution in [3.8, 4) is 11.3 Å². The van der Waals surface area contributed by atoms with Crippen molar-refractivity contribution in [3.05, 3.63) is 23.7 Å². The number of aromatic nitrogens is 3. The van der Waals surface area contributed by atoms with Crippen LogP contribution in [0.2, 0.25) is 0 Å². The molecule has 1 atom stereocenters. The molecule has 2 aromatic heterocycles. The number of hydrogen-bond donors (Lipinski definition) is 0. The van der Waals surface area contributed by atoms with Crippen molar-refractivity contribution in [2.24, 2.45) is 0 Å². The monoisotopic (exact) mass is 373 g/mol. The van der Waals surface area contributed by atoms with Crippen molar-refractivity contribution in [1.82, 2.24) is 20.0 Å². The molecule has 0 N–H and O–H groups in total. The molecule has 0 bridgehead atoms. The van der Waals surface area contributed by atoms with E-state index in [0.29, 0.717) is 24.7 Å². The third kappa shape index (κ3) is 4.82. The second kappa shape index (κ2) is 8.47. The van der Waals surface area contributed by atoms with Gasteiger partial charge in [0.15, 0.2) is 5.76 Å². The molecule has 0 saturated carbocycles. The minimum Gasteiger partial charge on any atom is -0.378 e. The van der Waals surface area contributed by atoms with Crippen molar-refractivity contribution >= 4 is 11.9 Å². The summed E-state index contributed by atoms with van der Waals surface area (Å²) in [6.45, 7) is 3.05. The van der Waals surface area contributed by atoms with Gasteiger partial charge >= 0.3 is 0 Å². The Kier molecular flexibility index (Phi) is 6.05. The van der Waals surface area contributed by atoms with Crippen LogP contribution in [-0.2, 0) is 16.1 Å². The van der Waals surface area contributed by atoms with Gasteiger partial charge in [-0.25, -0.2) is 9.97 Å². The lowest BCUT2D eigenvalue weighted by molar-refractivity contribution is -0.131.